The van der Waals surface area contributed by atoms with E-state index < -0.39 is 0 Å². The van der Waals surface area contributed by atoms with Crippen LogP contribution in [0.5, 0.6) is 5.75 Å². The van der Waals surface area contributed by atoms with E-state index in [-0.39, 0.29) is 0 Å². The van der Waals surface area contributed by atoms with Gasteiger partial charge in [0, 0.05) is 6.54 Å². The van der Waals surface area contributed by atoms with E-state index in [0.717, 1.165) is 27.8 Å². The van der Waals surface area contributed by atoms with Gasteiger partial charge in [-0.05, 0) is 74.9 Å². The number of hydrogen-bond acceptors (Lipinski definition) is 2. The van der Waals surface area contributed by atoms with Crippen molar-refractivity contribution in [1.82, 2.24) is 5.32 Å². The van der Waals surface area contributed by atoms with Gasteiger partial charge < -0.3 is 10.1 Å². The molecule has 0 atom stereocenters. The van der Waals surface area contributed by atoms with E-state index in [9.17, 15) is 0 Å². The van der Waals surface area contributed by atoms with Crippen LogP contribution >= 0.6 is 31.9 Å². The summed E-state index contributed by atoms with van der Waals surface area (Å²) in [7, 11) is 0. The molecule has 0 heterocycles. The molecule has 0 aliphatic carbocycles. The molecule has 0 radical (unpaired) electrons. The third kappa shape index (κ3) is 6.28. The van der Waals surface area contributed by atoms with Crippen LogP contribution in [-0.2, 0) is 6.54 Å². The van der Waals surface area contributed by atoms with Gasteiger partial charge in [0.2, 0.25) is 0 Å². The lowest BCUT2D eigenvalue weighted by atomic mass is 9.92. The molecule has 0 saturated carbocycles. The van der Waals surface area contributed by atoms with Crippen molar-refractivity contribution in [2.24, 2.45) is 5.41 Å². The van der Waals surface area contributed by atoms with Crippen LogP contribution in [0.1, 0.15) is 39.7 Å². The number of hydrogen-bond donors (Lipinski definition) is 1. The zero-order chi connectivity index (χ0) is 14.5. The molecule has 0 bridgehead atoms. The van der Waals surface area contributed by atoms with E-state index in [1.165, 1.54) is 12.0 Å². The third-order valence-electron chi connectivity index (χ3n) is 2.73. The molecule has 0 saturated heterocycles. The maximum Gasteiger partial charge on any atom is 0.147 e. The SMILES string of the molecule is CCOc1c(Br)cc(CNCCC(C)(C)C)cc1Br. The lowest BCUT2D eigenvalue weighted by Crippen LogP contribution is -2.20. The van der Waals surface area contributed by atoms with E-state index in [2.05, 4.69) is 70.1 Å². The Morgan fingerprint density at radius 1 is 1.16 bits per heavy atom. The molecule has 19 heavy (non-hydrogen) atoms. The topological polar surface area (TPSA) is 21.3 Å². The molecule has 0 aliphatic rings. The largest absolute Gasteiger partial charge is 0.492 e. The van der Waals surface area contributed by atoms with E-state index in [0.29, 0.717) is 12.0 Å². The quantitative estimate of drug-likeness (QED) is 0.677. The second kappa shape index (κ2) is 7.65. The van der Waals surface area contributed by atoms with Gasteiger partial charge in [0.05, 0.1) is 15.6 Å². The molecule has 0 fully saturated rings. The van der Waals surface area contributed by atoms with E-state index in [1.807, 2.05) is 6.92 Å². The van der Waals surface area contributed by atoms with Crippen LogP contribution in [0, 0.1) is 5.41 Å². The minimum Gasteiger partial charge on any atom is -0.492 e. The lowest BCUT2D eigenvalue weighted by Gasteiger charge is -2.18. The maximum atomic E-state index is 5.58. The number of halogens is 2. The van der Waals surface area contributed by atoms with E-state index >= 15 is 0 Å². The summed E-state index contributed by atoms with van der Waals surface area (Å²) in [5, 5.41) is 3.48. The molecule has 1 rings (SSSR count). The molecule has 1 aromatic rings. The van der Waals surface area contributed by atoms with Gasteiger partial charge in [0.1, 0.15) is 5.75 Å². The van der Waals surface area contributed by atoms with Crippen molar-refractivity contribution >= 4 is 31.9 Å². The second-order valence-electron chi connectivity index (χ2n) is 5.81. The number of nitrogens with one attached hydrogen (secondary N) is 1. The molecule has 0 aromatic heterocycles. The highest BCUT2D eigenvalue weighted by molar-refractivity contribution is 9.11. The molecular weight excluding hydrogens is 370 g/mol. The smallest absolute Gasteiger partial charge is 0.147 e. The average Bonchev–Trinajstić information content (AvgIpc) is 2.28. The zero-order valence-electron chi connectivity index (χ0n) is 12.1. The van der Waals surface area contributed by atoms with Gasteiger partial charge in [-0.25, -0.2) is 0 Å². The highest BCUT2D eigenvalue weighted by atomic mass is 79.9. The summed E-state index contributed by atoms with van der Waals surface area (Å²) in [5.41, 5.74) is 1.63. The van der Waals surface area contributed by atoms with Gasteiger partial charge in [-0.3, -0.25) is 0 Å². The van der Waals surface area contributed by atoms with Crippen molar-refractivity contribution in [3.05, 3.63) is 26.6 Å². The summed E-state index contributed by atoms with van der Waals surface area (Å²) in [6.07, 6.45) is 1.17. The Hall–Kier alpha value is -0.0600. The fourth-order valence-corrected chi connectivity index (χ4v) is 3.20. The Morgan fingerprint density at radius 3 is 2.21 bits per heavy atom. The van der Waals surface area contributed by atoms with Crippen molar-refractivity contribution in [1.29, 1.82) is 0 Å². The average molecular weight is 393 g/mol. The van der Waals surface area contributed by atoms with Crippen LogP contribution < -0.4 is 10.1 Å². The van der Waals surface area contributed by atoms with Crippen LogP contribution in [0.4, 0.5) is 0 Å². The molecule has 0 unspecified atom stereocenters. The summed E-state index contributed by atoms with van der Waals surface area (Å²) in [6.45, 7) is 11.4. The van der Waals surface area contributed by atoms with Crippen molar-refractivity contribution < 1.29 is 4.74 Å². The normalized spacial score (nSPS) is 11.7. The first-order chi connectivity index (χ1) is 8.83. The number of benzene rings is 1. The molecular formula is C15H23Br2NO. The Morgan fingerprint density at radius 2 is 1.74 bits per heavy atom. The number of ether oxygens (including phenoxy) is 1. The van der Waals surface area contributed by atoms with E-state index in [1.54, 1.807) is 0 Å². The molecule has 0 amide bonds. The highest BCUT2D eigenvalue weighted by Crippen LogP contribution is 2.34. The predicted octanol–water partition coefficient (Wildman–Crippen LogP) is 5.14. The van der Waals surface area contributed by atoms with Crippen LogP contribution in [0.25, 0.3) is 0 Å². The molecule has 0 aliphatic heterocycles. The standard InChI is InChI=1S/C15H23Br2NO/c1-5-19-14-12(16)8-11(9-13(14)17)10-18-7-6-15(2,3)4/h8-9,18H,5-7,10H2,1-4H3. The Balaban J connectivity index is 2.56. The first-order valence-corrected chi connectivity index (χ1v) is 8.23. The second-order valence-corrected chi connectivity index (χ2v) is 7.52. The molecule has 1 aromatic carbocycles. The van der Waals surface area contributed by atoms with Gasteiger partial charge in [-0.1, -0.05) is 20.8 Å². The summed E-state index contributed by atoms with van der Waals surface area (Å²) < 4.78 is 7.57. The van der Waals surface area contributed by atoms with Crippen LogP contribution in [0.3, 0.4) is 0 Å². The molecule has 4 heteroatoms. The molecule has 1 N–H and O–H groups in total. The Labute approximate surface area is 133 Å². The monoisotopic (exact) mass is 391 g/mol. The van der Waals surface area contributed by atoms with Gasteiger partial charge in [0.15, 0.2) is 0 Å². The summed E-state index contributed by atoms with van der Waals surface area (Å²) in [5.74, 6) is 0.876. The fourth-order valence-electron chi connectivity index (χ4n) is 1.69. The maximum absolute atomic E-state index is 5.58. The van der Waals surface area contributed by atoms with Gasteiger partial charge in [-0.2, -0.15) is 0 Å². The molecule has 2 nitrogen and oxygen atoms in total. The van der Waals surface area contributed by atoms with Gasteiger partial charge in [-0.15, -0.1) is 0 Å². The minimum atomic E-state index is 0.382. The van der Waals surface area contributed by atoms with Crippen molar-refractivity contribution in [2.75, 3.05) is 13.2 Å². The van der Waals surface area contributed by atoms with Crippen LogP contribution in [0.2, 0.25) is 0 Å². The van der Waals surface area contributed by atoms with Crippen molar-refractivity contribution in [3.8, 4) is 5.75 Å². The third-order valence-corrected chi connectivity index (χ3v) is 3.91. The summed E-state index contributed by atoms with van der Waals surface area (Å²) in [4.78, 5) is 0. The number of rotatable bonds is 6. The predicted molar refractivity (Wildman–Crippen MR) is 88.8 cm³/mol. The fraction of sp³-hybridized carbons (Fsp3) is 0.600. The zero-order valence-corrected chi connectivity index (χ0v) is 15.3. The van der Waals surface area contributed by atoms with E-state index in [4.69, 9.17) is 4.74 Å². The van der Waals surface area contributed by atoms with Gasteiger partial charge in [0.25, 0.3) is 0 Å². The van der Waals surface area contributed by atoms with Crippen molar-refractivity contribution in [2.45, 2.75) is 40.7 Å². The van der Waals surface area contributed by atoms with Crippen molar-refractivity contribution in [3.63, 3.8) is 0 Å². The van der Waals surface area contributed by atoms with Crippen LogP contribution in [-0.4, -0.2) is 13.2 Å². The molecule has 108 valence electrons. The minimum absolute atomic E-state index is 0.382. The van der Waals surface area contributed by atoms with Gasteiger partial charge >= 0.3 is 0 Å². The summed E-state index contributed by atoms with van der Waals surface area (Å²) >= 11 is 7.11. The summed E-state index contributed by atoms with van der Waals surface area (Å²) in [6, 6.07) is 4.22. The Kier molecular flexibility index (Phi) is 6.84. The van der Waals surface area contributed by atoms with Crippen LogP contribution in [0.15, 0.2) is 21.1 Å². The molecule has 0 spiro atoms. The first-order valence-electron chi connectivity index (χ1n) is 6.65. The lowest BCUT2D eigenvalue weighted by molar-refractivity contribution is 0.336. The Bertz CT molecular complexity index is 390. The highest BCUT2D eigenvalue weighted by Gasteiger charge is 2.10. The first kappa shape index (κ1) is 17.0.